The van der Waals surface area contributed by atoms with Crippen LogP contribution in [-0.2, 0) is 0 Å². The van der Waals surface area contributed by atoms with E-state index in [0.29, 0.717) is 5.41 Å². The normalized spacial score (nSPS) is 17.9. The highest BCUT2D eigenvalue weighted by Crippen LogP contribution is 2.43. The van der Waals surface area contributed by atoms with Crippen molar-refractivity contribution in [3.05, 3.63) is 29.8 Å². The maximum absolute atomic E-state index is 4.52. The summed E-state index contributed by atoms with van der Waals surface area (Å²) in [5.74, 6) is 1.02. The van der Waals surface area contributed by atoms with Crippen molar-refractivity contribution in [2.75, 3.05) is 24.2 Å². The van der Waals surface area contributed by atoms with E-state index >= 15 is 0 Å². The summed E-state index contributed by atoms with van der Waals surface area (Å²) in [5.41, 5.74) is 3.19. The monoisotopic (exact) mass is 235 g/mol. The molecule has 0 spiro atoms. The van der Waals surface area contributed by atoms with E-state index in [2.05, 4.69) is 55.8 Å². The van der Waals surface area contributed by atoms with E-state index in [9.17, 15) is 0 Å². The zero-order valence-corrected chi connectivity index (χ0v) is 11.1. The molecule has 0 aromatic heterocycles. The molecule has 1 aliphatic carbocycles. The van der Waals surface area contributed by atoms with Crippen LogP contribution in [0.2, 0.25) is 0 Å². The number of benzene rings is 1. The summed E-state index contributed by atoms with van der Waals surface area (Å²) in [5, 5.41) is 0. The second-order valence-corrected chi connectivity index (χ2v) is 5.47. The first-order chi connectivity index (χ1) is 7.67. The minimum atomic E-state index is 0.472. The lowest BCUT2D eigenvalue weighted by Crippen LogP contribution is -2.42. The molecule has 88 valence electrons. The van der Waals surface area contributed by atoms with Gasteiger partial charge in [0.25, 0.3) is 0 Å². The van der Waals surface area contributed by atoms with Gasteiger partial charge < -0.3 is 4.90 Å². The second kappa shape index (κ2) is 4.70. The maximum atomic E-state index is 4.52. The van der Waals surface area contributed by atoms with Crippen molar-refractivity contribution in [2.45, 2.75) is 26.2 Å². The Hall–Kier alpha value is -0.630. The highest BCUT2D eigenvalue weighted by atomic mass is 32.1. The van der Waals surface area contributed by atoms with Crippen molar-refractivity contribution in [3.63, 3.8) is 0 Å². The lowest BCUT2D eigenvalue weighted by molar-refractivity contribution is 0.178. The highest BCUT2D eigenvalue weighted by molar-refractivity contribution is 7.80. The molecule has 1 fully saturated rings. The van der Waals surface area contributed by atoms with Crippen LogP contribution in [-0.4, -0.2) is 19.3 Å². The van der Waals surface area contributed by atoms with Crippen molar-refractivity contribution >= 4 is 18.3 Å². The van der Waals surface area contributed by atoms with Crippen LogP contribution in [0.5, 0.6) is 0 Å². The fourth-order valence-electron chi connectivity index (χ4n) is 2.62. The Morgan fingerprint density at radius 1 is 1.31 bits per heavy atom. The van der Waals surface area contributed by atoms with Gasteiger partial charge in [0.2, 0.25) is 0 Å². The predicted molar refractivity (Wildman–Crippen MR) is 74.6 cm³/mol. The number of hydrogen-bond donors (Lipinski definition) is 1. The largest absolute Gasteiger partial charge is 0.374 e. The molecule has 1 nitrogen and oxygen atoms in total. The van der Waals surface area contributed by atoms with Crippen LogP contribution < -0.4 is 4.90 Å². The Balaban J connectivity index is 2.08. The molecular formula is C14H21NS. The van der Waals surface area contributed by atoms with E-state index in [0.717, 1.165) is 12.3 Å². The number of rotatable bonds is 4. The fraction of sp³-hybridized carbons (Fsp3) is 0.571. The Morgan fingerprint density at radius 3 is 2.50 bits per heavy atom. The van der Waals surface area contributed by atoms with E-state index in [1.165, 1.54) is 30.5 Å². The number of hydrogen-bond acceptors (Lipinski definition) is 2. The van der Waals surface area contributed by atoms with Gasteiger partial charge in [0, 0.05) is 19.3 Å². The summed E-state index contributed by atoms with van der Waals surface area (Å²) in [6.07, 6.45) is 4.06. The Labute approximate surface area is 104 Å². The molecule has 1 aliphatic rings. The molecule has 16 heavy (non-hydrogen) atoms. The van der Waals surface area contributed by atoms with Crippen molar-refractivity contribution in [2.24, 2.45) is 5.41 Å². The molecule has 0 N–H and O–H groups in total. The molecule has 1 aromatic rings. The van der Waals surface area contributed by atoms with Crippen molar-refractivity contribution in [1.82, 2.24) is 0 Å². The van der Waals surface area contributed by atoms with Crippen molar-refractivity contribution in [3.8, 4) is 0 Å². The van der Waals surface area contributed by atoms with Gasteiger partial charge >= 0.3 is 0 Å². The molecule has 1 aromatic carbocycles. The first-order valence-electron chi connectivity index (χ1n) is 6.04. The molecule has 0 amide bonds. The third kappa shape index (κ3) is 2.22. The van der Waals surface area contributed by atoms with Gasteiger partial charge in [-0.3, -0.25) is 0 Å². The maximum Gasteiger partial charge on any atom is 0.0393 e. The number of thiol groups is 1. The second-order valence-electron chi connectivity index (χ2n) is 5.15. The Morgan fingerprint density at radius 2 is 2.00 bits per heavy atom. The first-order valence-corrected chi connectivity index (χ1v) is 6.68. The fourth-order valence-corrected chi connectivity index (χ4v) is 3.04. The van der Waals surface area contributed by atoms with Crippen LogP contribution in [0.3, 0.4) is 0 Å². The third-order valence-electron chi connectivity index (χ3n) is 3.85. The molecular weight excluding hydrogens is 214 g/mol. The zero-order chi connectivity index (χ0) is 11.6. The standard InChI is InChI=1S/C14H21NS/c1-12-6-3-4-7-13(12)15(2)10-14(11-16)8-5-9-14/h3-4,6-7,16H,5,8-11H2,1-2H3. The molecule has 0 bridgehead atoms. The number of anilines is 1. The average molecular weight is 235 g/mol. The average Bonchev–Trinajstić information content (AvgIpc) is 2.24. The quantitative estimate of drug-likeness (QED) is 0.781. The number of aryl methyl sites for hydroxylation is 1. The van der Waals surface area contributed by atoms with E-state index in [1.54, 1.807) is 0 Å². The van der Waals surface area contributed by atoms with Crippen LogP contribution in [0.4, 0.5) is 5.69 Å². The van der Waals surface area contributed by atoms with Crippen LogP contribution in [0.1, 0.15) is 24.8 Å². The van der Waals surface area contributed by atoms with E-state index in [-0.39, 0.29) is 0 Å². The zero-order valence-electron chi connectivity index (χ0n) is 10.2. The molecule has 2 heteroatoms. The topological polar surface area (TPSA) is 3.24 Å². The molecule has 0 unspecified atom stereocenters. The predicted octanol–water partition coefficient (Wildman–Crippen LogP) is 3.53. The Kier molecular flexibility index (Phi) is 3.48. The third-order valence-corrected chi connectivity index (χ3v) is 4.52. The number of para-hydroxylation sites is 1. The van der Waals surface area contributed by atoms with E-state index in [1.807, 2.05) is 0 Å². The molecule has 0 heterocycles. The van der Waals surface area contributed by atoms with Gasteiger partial charge in [-0.15, -0.1) is 0 Å². The van der Waals surface area contributed by atoms with Gasteiger partial charge in [0.05, 0.1) is 0 Å². The summed E-state index contributed by atoms with van der Waals surface area (Å²) in [6.45, 7) is 3.32. The molecule has 0 atom stereocenters. The SMILES string of the molecule is Cc1ccccc1N(C)CC1(CS)CCC1. The van der Waals surface area contributed by atoms with Gasteiger partial charge in [0.15, 0.2) is 0 Å². The van der Waals surface area contributed by atoms with E-state index in [4.69, 9.17) is 0 Å². The highest BCUT2D eigenvalue weighted by Gasteiger charge is 2.36. The smallest absolute Gasteiger partial charge is 0.0393 e. The molecule has 1 saturated carbocycles. The molecule has 0 aliphatic heterocycles. The molecule has 0 saturated heterocycles. The van der Waals surface area contributed by atoms with Crippen LogP contribution in [0, 0.1) is 12.3 Å². The minimum Gasteiger partial charge on any atom is -0.374 e. The lowest BCUT2D eigenvalue weighted by atomic mass is 9.70. The van der Waals surface area contributed by atoms with Crippen molar-refractivity contribution in [1.29, 1.82) is 0 Å². The minimum absolute atomic E-state index is 0.472. The van der Waals surface area contributed by atoms with Gasteiger partial charge in [-0.1, -0.05) is 24.6 Å². The lowest BCUT2D eigenvalue weighted by Gasteiger charge is -2.44. The van der Waals surface area contributed by atoms with Gasteiger partial charge in [0.1, 0.15) is 0 Å². The Bertz CT molecular complexity index is 352. The first kappa shape index (κ1) is 11.8. The summed E-state index contributed by atoms with van der Waals surface area (Å²) < 4.78 is 0. The summed E-state index contributed by atoms with van der Waals surface area (Å²) in [7, 11) is 2.20. The van der Waals surface area contributed by atoms with Crippen LogP contribution in [0.25, 0.3) is 0 Å². The molecule has 2 rings (SSSR count). The molecule has 0 radical (unpaired) electrons. The van der Waals surface area contributed by atoms with Crippen molar-refractivity contribution < 1.29 is 0 Å². The van der Waals surface area contributed by atoms with Crippen LogP contribution >= 0.6 is 12.6 Å². The van der Waals surface area contributed by atoms with Gasteiger partial charge in [-0.05, 0) is 42.6 Å². The van der Waals surface area contributed by atoms with Gasteiger partial charge in [-0.25, -0.2) is 0 Å². The van der Waals surface area contributed by atoms with Gasteiger partial charge in [-0.2, -0.15) is 12.6 Å². The summed E-state index contributed by atoms with van der Waals surface area (Å²) in [4.78, 5) is 2.39. The van der Waals surface area contributed by atoms with E-state index < -0.39 is 0 Å². The number of nitrogens with zero attached hydrogens (tertiary/aromatic N) is 1. The van der Waals surface area contributed by atoms with Crippen LogP contribution in [0.15, 0.2) is 24.3 Å². The summed E-state index contributed by atoms with van der Waals surface area (Å²) in [6, 6.07) is 8.61. The summed E-state index contributed by atoms with van der Waals surface area (Å²) >= 11 is 4.52.